The number of halogens is 3. The molecule has 0 aromatic carbocycles. The number of carbonyl (C=O) groups excluding carboxylic acids is 1. The lowest BCUT2D eigenvalue weighted by atomic mass is 10.2. The maximum Gasteiger partial charge on any atom is 0.433 e. The van der Waals surface area contributed by atoms with Crippen molar-refractivity contribution < 1.29 is 27.1 Å². The molecule has 0 unspecified atom stereocenters. The topological polar surface area (TPSA) is 81.7 Å². The van der Waals surface area contributed by atoms with Crippen molar-refractivity contribution >= 4 is 11.6 Å². The van der Waals surface area contributed by atoms with Crippen LogP contribution in [0.4, 0.5) is 13.2 Å². The second-order valence-electron chi connectivity index (χ2n) is 5.05. The fourth-order valence-electron chi connectivity index (χ4n) is 2.20. The zero-order valence-corrected chi connectivity index (χ0v) is 13.0. The molecule has 0 spiro atoms. The van der Waals surface area contributed by atoms with Crippen molar-refractivity contribution in [3.05, 3.63) is 41.9 Å². The molecule has 0 aliphatic heterocycles. The number of carbonyl (C=O) groups is 1. The Kier molecular flexibility index (Phi) is 4.45. The normalized spacial score (nSPS) is 11.8. The second-order valence-corrected chi connectivity index (χ2v) is 5.05. The van der Waals surface area contributed by atoms with Gasteiger partial charge in [0.25, 0.3) is 5.91 Å². The number of ether oxygens (including phenoxy) is 1. The zero-order chi connectivity index (χ0) is 18.0. The van der Waals surface area contributed by atoms with Crippen molar-refractivity contribution in [3.8, 4) is 11.5 Å². The lowest BCUT2D eigenvalue weighted by molar-refractivity contribution is -0.142. The second kappa shape index (κ2) is 6.55. The largest absolute Gasteiger partial charge is 0.463 e. The van der Waals surface area contributed by atoms with Crippen LogP contribution in [-0.4, -0.2) is 40.8 Å². The Morgan fingerprint density at radius 1 is 1.40 bits per heavy atom. The van der Waals surface area contributed by atoms with E-state index in [9.17, 15) is 18.0 Å². The van der Waals surface area contributed by atoms with Gasteiger partial charge in [-0.15, -0.1) is 0 Å². The number of hydrogen-bond donors (Lipinski definition) is 1. The van der Waals surface area contributed by atoms with Gasteiger partial charge >= 0.3 is 6.18 Å². The Hall–Kier alpha value is -2.88. The van der Waals surface area contributed by atoms with E-state index < -0.39 is 17.8 Å². The van der Waals surface area contributed by atoms with Gasteiger partial charge in [0.05, 0.1) is 12.9 Å². The van der Waals surface area contributed by atoms with Crippen LogP contribution in [0.25, 0.3) is 17.1 Å². The third-order valence-electron chi connectivity index (χ3n) is 3.32. The number of hydrogen-bond acceptors (Lipinski definition) is 5. The molecule has 3 heterocycles. The molecule has 132 valence electrons. The van der Waals surface area contributed by atoms with Gasteiger partial charge in [-0.1, -0.05) is 0 Å². The average Bonchev–Trinajstić information content (AvgIpc) is 3.22. The van der Waals surface area contributed by atoms with E-state index in [-0.39, 0.29) is 35.9 Å². The van der Waals surface area contributed by atoms with Gasteiger partial charge in [-0.3, -0.25) is 4.79 Å². The number of aromatic nitrogens is 3. The molecular formula is C15H13F3N4O3. The molecule has 0 fully saturated rings. The summed E-state index contributed by atoms with van der Waals surface area (Å²) in [6.45, 7) is 0.480. The highest BCUT2D eigenvalue weighted by molar-refractivity contribution is 5.93. The summed E-state index contributed by atoms with van der Waals surface area (Å²) in [6, 6.07) is 5.04. The summed E-state index contributed by atoms with van der Waals surface area (Å²) in [4.78, 5) is 16.1. The molecule has 0 saturated heterocycles. The minimum absolute atomic E-state index is 0.00364. The third-order valence-corrected chi connectivity index (χ3v) is 3.32. The summed E-state index contributed by atoms with van der Waals surface area (Å²) in [5.41, 5.74) is -1.35. The van der Waals surface area contributed by atoms with E-state index in [2.05, 4.69) is 15.4 Å². The van der Waals surface area contributed by atoms with Crippen LogP contribution in [0.15, 0.2) is 34.9 Å². The van der Waals surface area contributed by atoms with Crippen molar-refractivity contribution in [3.63, 3.8) is 0 Å². The summed E-state index contributed by atoms with van der Waals surface area (Å²) in [7, 11) is 1.47. The van der Waals surface area contributed by atoms with Crippen molar-refractivity contribution in [2.75, 3.05) is 20.3 Å². The molecule has 0 saturated carbocycles. The molecule has 3 aromatic heterocycles. The van der Waals surface area contributed by atoms with Crippen LogP contribution < -0.4 is 5.32 Å². The first-order chi connectivity index (χ1) is 11.9. The van der Waals surface area contributed by atoms with E-state index in [1.807, 2.05) is 0 Å². The molecule has 3 aromatic rings. The predicted molar refractivity (Wildman–Crippen MR) is 79.9 cm³/mol. The monoisotopic (exact) mass is 354 g/mol. The molecule has 0 aliphatic carbocycles. The summed E-state index contributed by atoms with van der Waals surface area (Å²) in [5, 5.41) is 6.22. The lowest BCUT2D eigenvalue weighted by Crippen LogP contribution is -2.27. The highest BCUT2D eigenvalue weighted by atomic mass is 19.4. The van der Waals surface area contributed by atoms with Gasteiger partial charge in [-0.2, -0.15) is 18.3 Å². The maximum atomic E-state index is 13.4. The van der Waals surface area contributed by atoms with Gasteiger partial charge in [0.1, 0.15) is 5.69 Å². The molecule has 0 radical (unpaired) electrons. The molecule has 10 heteroatoms. The quantitative estimate of drug-likeness (QED) is 0.712. The van der Waals surface area contributed by atoms with Crippen molar-refractivity contribution in [2.24, 2.45) is 0 Å². The highest BCUT2D eigenvalue weighted by Gasteiger charge is 2.36. The Labute approximate surface area is 139 Å². The van der Waals surface area contributed by atoms with Gasteiger partial charge in [0.15, 0.2) is 22.8 Å². The van der Waals surface area contributed by atoms with E-state index >= 15 is 0 Å². The SMILES string of the molecule is COCCNC(=O)c1cc2nc(-c3ccco3)cc(C(F)(F)F)n2n1. The summed E-state index contributed by atoms with van der Waals surface area (Å²) < 4.78 is 50.6. The molecule has 7 nitrogen and oxygen atoms in total. The molecular weight excluding hydrogens is 341 g/mol. The summed E-state index contributed by atoms with van der Waals surface area (Å²) >= 11 is 0. The Balaban J connectivity index is 2.06. The van der Waals surface area contributed by atoms with E-state index in [1.54, 1.807) is 6.07 Å². The fraction of sp³-hybridized carbons (Fsp3) is 0.267. The first kappa shape index (κ1) is 17.0. The Bertz CT molecular complexity index is 887. The third kappa shape index (κ3) is 3.48. The standard InChI is InChI=1S/C15H13F3N4O3/c1-24-6-4-19-14(23)10-8-13-20-9(11-3-2-5-25-11)7-12(15(16,17)18)22(13)21-10/h2-3,5,7-8H,4,6H2,1H3,(H,19,23). The van der Waals surface area contributed by atoms with E-state index in [1.165, 1.54) is 25.5 Å². The van der Waals surface area contributed by atoms with Crippen LogP contribution in [0.1, 0.15) is 16.2 Å². The Morgan fingerprint density at radius 2 is 2.20 bits per heavy atom. The molecule has 0 atom stereocenters. The summed E-state index contributed by atoms with van der Waals surface area (Å²) in [5.74, 6) is -0.435. The number of amides is 1. The van der Waals surface area contributed by atoms with Crippen molar-refractivity contribution in [1.82, 2.24) is 19.9 Å². The first-order valence-electron chi connectivity index (χ1n) is 7.19. The number of nitrogens with zero attached hydrogens (tertiary/aromatic N) is 3. The van der Waals surface area contributed by atoms with Gasteiger partial charge in [-0.25, -0.2) is 9.50 Å². The van der Waals surface area contributed by atoms with Gasteiger partial charge in [-0.05, 0) is 18.2 Å². The summed E-state index contributed by atoms with van der Waals surface area (Å²) in [6.07, 6.45) is -3.35. The average molecular weight is 354 g/mol. The molecule has 3 rings (SSSR count). The lowest BCUT2D eigenvalue weighted by Gasteiger charge is -2.09. The smallest absolute Gasteiger partial charge is 0.433 e. The van der Waals surface area contributed by atoms with E-state index in [4.69, 9.17) is 9.15 Å². The van der Waals surface area contributed by atoms with Gasteiger partial charge in [0, 0.05) is 19.7 Å². The minimum atomic E-state index is -4.68. The molecule has 25 heavy (non-hydrogen) atoms. The van der Waals surface area contributed by atoms with E-state index in [0.29, 0.717) is 4.52 Å². The first-order valence-corrected chi connectivity index (χ1v) is 7.19. The number of rotatable bonds is 5. The highest BCUT2D eigenvalue weighted by Crippen LogP contribution is 2.32. The van der Waals surface area contributed by atoms with Crippen LogP contribution in [0, 0.1) is 0 Å². The van der Waals surface area contributed by atoms with Crippen molar-refractivity contribution in [1.29, 1.82) is 0 Å². The minimum Gasteiger partial charge on any atom is -0.463 e. The molecule has 1 N–H and O–H groups in total. The van der Waals surface area contributed by atoms with Gasteiger partial charge < -0.3 is 14.5 Å². The Morgan fingerprint density at radius 3 is 2.84 bits per heavy atom. The van der Waals surface area contributed by atoms with Crippen LogP contribution in [0.5, 0.6) is 0 Å². The van der Waals surface area contributed by atoms with E-state index in [0.717, 1.165) is 6.07 Å². The van der Waals surface area contributed by atoms with Crippen molar-refractivity contribution in [2.45, 2.75) is 6.18 Å². The van der Waals surface area contributed by atoms with Crippen LogP contribution in [0.3, 0.4) is 0 Å². The number of methoxy groups -OCH3 is 1. The number of furan rings is 1. The zero-order valence-electron chi connectivity index (χ0n) is 13.0. The van der Waals surface area contributed by atoms with Gasteiger partial charge in [0.2, 0.25) is 0 Å². The maximum absolute atomic E-state index is 13.4. The van der Waals surface area contributed by atoms with Crippen LogP contribution in [-0.2, 0) is 10.9 Å². The molecule has 0 aliphatic rings. The number of nitrogens with one attached hydrogen (secondary N) is 1. The van der Waals surface area contributed by atoms with Crippen LogP contribution in [0.2, 0.25) is 0 Å². The van der Waals surface area contributed by atoms with Crippen LogP contribution >= 0.6 is 0 Å². The fourth-order valence-corrected chi connectivity index (χ4v) is 2.20. The number of alkyl halides is 3. The number of fused-ring (bicyclic) bond motifs is 1. The molecule has 1 amide bonds. The molecule has 0 bridgehead atoms. The predicted octanol–water partition coefficient (Wildman–Crippen LogP) is 2.38.